The van der Waals surface area contributed by atoms with Gasteiger partial charge in [0.05, 0.1) is 5.92 Å². The first-order valence-electron chi connectivity index (χ1n) is 6.29. The molecular formula is C14H15NO3. The second kappa shape index (κ2) is 4.12. The highest BCUT2D eigenvalue weighted by Gasteiger charge is 2.51. The Morgan fingerprint density at radius 1 is 1.17 bits per heavy atom. The summed E-state index contributed by atoms with van der Waals surface area (Å²) in [5.74, 6) is -1.17. The summed E-state index contributed by atoms with van der Waals surface area (Å²) < 4.78 is 0. The van der Waals surface area contributed by atoms with Gasteiger partial charge in [0.1, 0.15) is 0 Å². The SMILES string of the molecule is O=C(O)C1CC2CCC1N2C(=O)c1ccccc1. The van der Waals surface area contributed by atoms with Crippen LogP contribution in [0.2, 0.25) is 0 Å². The van der Waals surface area contributed by atoms with Crippen molar-refractivity contribution in [3.8, 4) is 0 Å². The molecule has 0 radical (unpaired) electrons. The number of fused-ring (bicyclic) bond motifs is 2. The van der Waals surface area contributed by atoms with Crippen molar-refractivity contribution in [1.82, 2.24) is 4.90 Å². The number of amides is 1. The van der Waals surface area contributed by atoms with Crippen LogP contribution in [0.15, 0.2) is 30.3 Å². The largest absolute Gasteiger partial charge is 0.481 e. The molecule has 2 bridgehead atoms. The summed E-state index contributed by atoms with van der Waals surface area (Å²) in [5, 5.41) is 9.17. The van der Waals surface area contributed by atoms with Crippen molar-refractivity contribution in [1.29, 1.82) is 0 Å². The van der Waals surface area contributed by atoms with Crippen LogP contribution in [0.3, 0.4) is 0 Å². The average Bonchev–Trinajstić information content (AvgIpc) is 2.96. The number of carbonyl (C=O) groups is 2. The minimum atomic E-state index is -0.770. The third-order valence-electron chi connectivity index (χ3n) is 4.11. The first kappa shape index (κ1) is 11.3. The van der Waals surface area contributed by atoms with Gasteiger partial charge in [0.25, 0.3) is 5.91 Å². The molecule has 3 atom stereocenters. The molecule has 4 heteroatoms. The van der Waals surface area contributed by atoms with Crippen LogP contribution in [-0.4, -0.2) is 34.0 Å². The summed E-state index contributed by atoms with van der Waals surface area (Å²) >= 11 is 0. The van der Waals surface area contributed by atoms with E-state index in [-0.39, 0.29) is 23.9 Å². The van der Waals surface area contributed by atoms with Crippen LogP contribution < -0.4 is 0 Å². The lowest BCUT2D eigenvalue weighted by Crippen LogP contribution is -2.37. The quantitative estimate of drug-likeness (QED) is 0.863. The molecule has 2 fully saturated rings. The number of carbonyl (C=O) groups excluding carboxylic acids is 1. The fourth-order valence-corrected chi connectivity index (χ4v) is 3.30. The number of aliphatic carboxylic acids is 1. The van der Waals surface area contributed by atoms with Gasteiger partial charge in [0, 0.05) is 17.6 Å². The molecule has 0 spiro atoms. The fourth-order valence-electron chi connectivity index (χ4n) is 3.30. The Balaban J connectivity index is 1.86. The zero-order valence-corrected chi connectivity index (χ0v) is 9.95. The van der Waals surface area contributed by atoms with E-state index in [0.29, 0.717) is 12.0 Å². The zero-order chi connectivity index (χ0) is 12.7. The van der Waals surface area contributed by atoms with Crippen LogP contribution in [0, 0.1) is 5.92 Å². The first-order valence-corrected chi connectivity index (χ1v) is 6.29. The van der Waals surface area contributed by atoms with Gasteiger partial charge in [0.2, 0.25) is 0 Å². The smallest absolute Gasteiger partial charge is 0.308 e. The minimum Gasteiger partial charge on any atom is -0.481 e. The minimum absolute atomic E-state index is 0.0214. The second-order valence-electron chi connectivity index (χ2n) is 5.06. The molecule has 0 aliphatic carbocycles. The second-order valence-corrected chi connectivity index (χ2v) is 5.06. The number of carboxylic acids is 1. The highest BCUT2D eigenvalue weighted by molar-refractivity contribution is 5.95. The summed E-state index contributed by atoms with van der Waals surface area (Å²) in [6.45, 7) is 0. The van der Waals surface area contributed by atoms with Crippen molar-refractivity contribution in [3.63, 3.8) is 0 Å². The third kappa shape index (κ3) is 1.60. The van der Waals surface area contributed by atoms with E-state index in [1.165, 1.54) is 0 Å². The van der Waals surface area contributed by atoms with Crippen molar-refractivity contribution in [3.05, 3.63) is 35.9 Å². The van der Waals surface area contributed by atoms with Gasteiger partial charge in [-0.15, -0.1) is 0 Å². The molecule has 1 aromatic rings. The summed E-state index contributed by atoms with van der Waals surface area (Å²) in [6.07, 6.45) is 2.37. The third-order valence-corrected chi connectivity index (χ3v) is 4.11. The van der Waals surface area contributed by atoms with Crippen molar-refractivity contribution in [2.24, 2.45) is 5.92 Å². The Labute approximate surface area is 105 Å². The maximum absolute atomic E-state index is 12.4. The monoisotopic (exact) mass is 245 g/mol. The van der Waals surface area contributed by atoms with Gasteiger partial charge >= 0.3 is 5.97 Å². The molecule has 0 saturated carbocycles. The van der Waals surface area contributed by atoms with E-state index in [0.717, 1.165) is 12.8 Å². The Morgan fingerprint density at radius 2 is 1.89 bits per heavy atom. The molecule has 4 nitrogen and oxygen atoms in total. The maximum atomic E-state index is 12.4. The number of hydrogen-bond acceptors (Lipinski definition) is 2. The van der Waals surface area contributed by atoms with Gasteiger partial charge in [-0.1, -0.05) is 18.2 Å². The number of hydrogen-bond donors (Lipinski definition) is 1. The van der Waals surface area contributed by atoms with E-state index in [2.05, 4.69) is 0 Å². The molecule has 2 heterocycles. The fraction of sp³-hybridized carbons (Fsp3) is 0.429. The van der Waals surface area contributed by atoms with Crippen molar-refractivity contribution < 1.29 is 14.7 Å². The molecule has 1 N–H and O–H groups in total. The Kier molecular flexibility index (Phi) is 2.58. The molecule has 3 unspecified atom stereocenters. The van der Waals surface area contributed by atoms with Crippen molar-refractivity contribution in [2.75, 3.05) is 0 Å². The van der Waals surface area contributed by atoms with Crippen LogP contribution in [0.4, 0.5) is 0 Å². The van der Waals surface area contributed by atoms with Gasteiger partial charge in [-0.3, -0.25) is 9.59 Å². The number of benzene rings is 1. The van der Waals surface area contributed by atoms with E-state index in [1.54, 1.807) is 17.0 Å². The average molecular weight is 245 g/mol. The lowest BCUT2D eigenvalue weighted by atomic mass is 9.89. The number of rotatable bonds is 2. The van der Waals surface area contributed by atoms with Gasteiger partial charge in [-0.05, 0) is 31.4 Å². The number of carboxylic acid groups (broad SMARTS) is 1. The van der Waals surface area contributed by atoms with Crippen LogP contribution >= 0.6 is 0 Å². The maximum Gasteiger partial charge on any atom is 0.308 e. The lowest BCUT2D eigenvalue weighted by molar-refractivity contribution is -0.142. The normalized spacial score (nSPS) is 29.6. The molecular weight excluding hydrogens is 230 g/mol. The van der Waals surface area contributed by atoms with Gasteiger partial charge in [0.15, 0.2) is 0 Å². The van der Waals surface area contributed by atoms with Crippen LogP contribution in [0.1, 0.15) is 29.6 Å². The van der Waals surface area contributed by atoms with E-state index < -0.39 is 5.97 Å². The summed E-state index contributed by atoms with van der Waals surface area (Å²) in [5.41, 5.74) is 0.653. The molecule has 94 valence electrons. The van der Waals surface area contributed by atoms with Crippen molar-refractivity contribution >= 4 is 11.9 Å². The Hall–Kier alpha value is -1.84. The summed E-state index contributed by atoms with van der Waals surface area (Å²) in [7, 11) is 0. The Bertz CT molecular complexity index is 485. The predicted molar refractivity (Wildman–Crippen MR) is 65.2 cm³/mol. The molecule has 18 heavy (non-hydrogen) atoms. The van der Waals surface area contributed by atoms with Gasteiger partial charge in [-0.2, -0.15) is 0 Å². The lowest BCUT2D eigenvalue weighted by Gasteiger charge is -2.23. The van der Waals surface area contributed by atoms with E-state index in [4.69, 9.17) is 5.11 Å². The van der Waals surface area contributed by atoms with Crippen molar-refractivity contribution in [2.45, 2.75) is 31.3 Å². The molecule has 0 aromatic heterocycles. The van der Waals surface area contributed by atoms with Gasteiger partial charge < -0.3 is 10.0 Å². The highest BCUT2D eigenvalue weighted by atomic mass is 16.4. The summed E-state index contributed by atoms with van der Waals surface area (Å²) in [4.78, 5) is 25.4. The molecule has 1 aromatic carbocycles. The van der Waals surface area contributed by atoms with Crippen LogP contribution in [-0.2, 0) is 4.79 Å². The molecule has 3 rings (SSSR count). The first-order chi connectivity index (χ1) is 8.68. The molecule has 1 amide bonds. The zero-order valence-electron chi connectivity index (χ0n) is 9.95. The predicted octanol–water partition coefficient (Wildman–Crippen LogP) is 1.76. The topological polar surface area (TPSA) is 57.6 Å². The standard InChI is InChI=1S/C14H15NO3/c16-13(9-4-2-1-3-5-9)15-10-6-7-12(15)11(8-10)14(17)18/h1-5,10-12H,6-8H2,(H,17,18). The number of nitrogens with zero attached hydrogens (tertiary/aromatic N) is 1. The van der Waals surface area contributed by atoms with E-state index >= 15 is 0 Å². The molecule has 2 saturated heterocycles. The van der Waals surface area contributed by atoms with E-state index in [9.17, 15) is 9.59 Å². The van der Waals surface area contributed by atoms with E-state index in [1.807, 2.05) is 18.2 Å². The molecule has 2 aliphatic rings. The van der Waals surface area contributed by atoms with Crippen LogP contribution in [0.5, 0.6) is 0 Å². The Morgan fingerprint density at radius 3 is 2.50 bits per heavy atom. The molecule has 2 aliphatic heterocycles. The van der Waals surface area contributed by atoms with Gasteiger partial charge in [-0.25, -0.2) is 0 Å². The van der Waals surface area contributed by atoms with Crippen LogP contribution in [0.25, 0.3) is 0 Å². The summed E-state index contributed by atoms with van der Waals surface area (Å²) in [6, 6.07) is 9.12. The highest BCUT2D eigenvalue weighted by Crippen LogP contribution is 2.42.